The molecule has 1 heterocycles. The molecule has 1 aliphatic rings. The van der Waals surface area contributed by atoms with E-state index in [2.05, 4.69) is 22.5 Å². The first kappa shape index (κ1) is 12.2. The number of alkyl halides is 1. The van der Waals surface area contributed by atoms with Crippen molar-refractivity contribution in [3.63, 3.8) is 0 Å². The molecule has 0 aromatic heterocycles. The van der Waals surface area contributed by atoms with Crippen LogP contribution in [0.1, 0.15) is 19.3 Å². The van der Waals surface area contributed by atoms with E-state index in [1.165, 1.54) is 0 Å². The normalized spacial score (nSPS) is 34.4. The summed E-state index contributed by atoms with van der Waals surface area (Å²) in [6, 6.07) is 0. The Morgan fingerprint density at radius 2 is 2.36 bits per heavy atom. The van der Waals surface area contributed by atoms with Crippen LogP contribution in [0, 0.1) is 0 Å². The highest BCUT2D eigenvalue weighted by Crippen LogP contribution is 2.29. The second-order valence-electron chi connectivity index (χ2n) is 3.57. The molecule has 0 aliphatic carbocycles. The van der Waals surface area contributed by atoms with Crippen LogP contribution in [0.3, 0.4) is 0 Å². The molecule has 0 aromatic rings. The molecule has 1 saturated heterocycles. The molecule has 0 aromatic carbocycles. The van der Waals surface area contributed by atoms with Gasteiger partial charge in [0.25, 0.3) is 0 Å². The van der Waals surface area contributed by atoms with E-state index in [9.17, 15) is 5.11 Å². The van der Waals surface area contributed by atoms with E-state index < -0.39 is 6.10 Å². The van der Waals surface area contributed by atoms with Crippen molar-refractivity contribution in [3.8, 4) is 0 Å². The van der Waals surface area contributed by atoms with E-state index in [0.29, 0.717) is 12.8 Å². The van der Waals surface area contributed by atoms with Crippen LogP contribution < -0.4 is 0 Å². The Bertz CT molecular complexity index is 186. The molecule has 14 heavy (non-hydrogen) atoms. The number of aliphatic hydroxyl groups is 2. The lowest BCUT2D eigenvalue weighted by atomic mass is 10.1. The molecule has 0 saturated carbocycles. The molecular formula is C10H17BrO3. The SMILES string of the molecule is C=CC[C@H](Br)[C@@H]1C[C@@H](O)[C@@H](CCO)O1. The molecule has 1 aliphatic heterocycles. The van der Waals surface area contributed by atoms with Crippen LogP contribution in [-0.2, 0) is 4.74 Å². The van der Waals surface area contributed by atoms with Crippen molar-refractivity contribution in [1.82, 2.24) is 0 Å². The first-order chi connectivity index (χ1) is 6.69. The number of hydrogen-bond acceptors (Lipinski definition) is 3. The maximum Gasteiger partial charge on any atom is 0.0861 e. The Kier molecular flexibility index (Phi) is 5.09. The summed E-state index contributed by atoms with van der Waals surface area (Å²) < 4.78 is 5.62. The van der Waals surface area contributed by atoms with Gasteiger partial charge in [0.15, 0.2) is 0 Å². The highest BCUT2D eigenvalue weighted by molar-refractivity contribution is 9.09. The van der Waals surface area contributed by atoms with Gasteiger partial charge in [0.2, 0.25) is 0 Å². The Morgan fingerprint density at radius 1 is 1.64 bits per heavy atom. The summed E-state index contributed by atoms with van der Waals surface area (Å²) in [4.78, 5) is 0.207. The smallest absolute Gasteiger partial charge is 0.0861 e. The zero-order valence-electron chi connectivity index (χ0n) is 8.10. The topological polar surface area (TPSA) is 49.7 Å². The average molecular weight is 265 g/mol. The second-order valence-corrected chi connectivity index (χ2v) is 4.74. The molecule has 4 heteroatoms. The highest BCUT2D eigenvalue weighted by Gasteiger charge is 2.36. The van der Waals surface area contributed by atoms with Crippen LogP contribution >= 0.6 is 15.9 Å². The number of hydrogen-bond donors (Lipinski definition) is 2. The number of ether oxygens (including phenoxy) is 1. The van der Waals surface area contributed by atoms with E-state index in [4.69, 9.17) is 9.84 Å². The van der Waals surface area contributed by atoms with Crippen LogP contribution in [0.5, 0.6) is 0 Å². The van der Waals surface area contributed by atoms with Crippen molar-refractivity contribution in [3.05, 3.63) is 12.7 Å². The number of halogens is 1. The van der Waals surface area contributed by atoms with Crippen LogP contribution in [0.2, 0.25) is 0 Å². The number of rotatable bonds is 5. The first-order valence-corrected chi connectivity index (χ1v) is 5.80. The van der Waals surface area contributed by atoms with Gasteiger partial charge < -0.3 is 14.9 Å². The monoisotopic (exact) mass is 264 g/mol. The molecule has 4 atom stereocenters. The number of aliphatic hydroxyl groups excluding tert-OH is 2. The van der Waals surface area contributed by atoms with Crippen LogP contribution in [0.4, 0.5) is 0 Å². The molecule has 0 amide bonds. The predicted molar refractivity (Wildman–Crippen MR) is 58.5 cm³/mol. The predicted octanol–water partition coefficient (Wildman–Crippen LogP) is 1.23. The Morgan fingerprint density at radius 3 is 2.93 bits per heavy atom. The van der Waals surface area contributed by atoms with Gasteiger partial charge in [-0.2, -0.15) is 0 Å². The molecule has 0 radical (unpaired) electrons. The number of allylic oxidation sites excluding steroid dienone is 1. The average Bonchev–Trinajstić information content (AvgIpc) is 2.49. The fraction of sp³-hybridized carbons (Fsp3) is 0.800. The van der Waals surface area contributed by atoms with Gasteiger partial charge in [-0.15, -0.1) is 6.58 Å². The Labute approximate surface area is 92.9 Å². The first-order valence-electron chi connectivity index (χ1n) is 4.88. The van der Waals surface area contributed by atoms with Gasteiger partial charge in [-0.25, -0.2) is 0 Å². The largest absolute Gasteiger partial charge is 0.396 e. The fourth-order valence-corrected chi connectivity index (χ4v) is 2.30. The van der Waals surface area contributed by atoms with Gasteiger partial charge in [0, 0.05) is 17.9 Å². The summed E-state index contributed by atoms with van der Waals surface area (Å²) >= 11 is 3.50. The van der Waals surface area contributed by atoms with Crippen LogP contribution in [0.15, 0.2) is 12.7 Å². The lowest BCUT2D eigenvalue weighted by Gasteiger charge is -2.16. The van der Waals surface area contributed by atoms with E-state index >= 15 is 0 Å². The van der Waals surface area contributed by atoms with Gasteiger partial charge in [-0.3, -0.25) is 0 Å². The molecule has 0 spiro atoms. The fourth-order valence-electron chi connectivity index (χ4n) is 1.69. The molecular weight excluding hydrogens is 248 g/mol. The molecule has 1 fully saturated rings. The summed E-state index contributed by atoms with van der Waals surface area (Å²) in [6.07, 6.45) is 3.16. The quantitative estimate of drug-likeness (QED) is 0.580. The summed E-state index contributed by atoms with van der Waals surface area (Å²) in [5.41, 5.74) is 0. The van der Waals surface area contributed by atoms with Gasteiger partial charge >= 0.3 is 0 Å². The molecule has 1 rings (SSSR count). The van der Waals surface area contributed by atoms with E-state index in [1.807, 2.05) is 6.08 Å². The highest BCUT2D eigenvalue weighted by atomic mass is 79.9. The zero-order valence-corrected chi connectivity index (χ0v) is 9.69. The molecule has 3 nitrogen and oxygen atoms in total. The molecule has 0 bridgehead atoms. The second kappa shape index (κ2) is 5.85. The Hall–Kier alpha value is 0.1000. The lowest BCUT2D eigenvalue weighted by molar-refractivity contribution is -0.00278. The minimum Gasteiger partial charge on any atom is -0.396 e. The minimum atomic E-state index is -0.447. The maximum atomic E-state index is 9.62. The zero-order chi connectivity index (χ0) is 10.6. The standard InChI is InChI=1S/C10H17BrO3/c1-2-3-7(11)10-6-8(13)9(14-10)4-5-12/h2,7-10,12-13H,1,3-6H2/t7-,8+,9+,10-/m0/s1. The molecule has 0 unspecified atom stereocenters. The summed E-state index contributed by atoms with van der Waals surface area (Å²) in [6.45, 7) is 3.72. The van der Waals surface area contributed by atoms with Crippen molar-refractivity contribution in [2.75, 3.05) is 6.61 Å². The molecule has 2 N–H and O–H groups in total. The minimum absolute atomic E-state index is 0.0274. The molecule has 82 valence electrons. The van der Waals surface area contributed by atoms with Crippen molar-refractivity contribution in [2.24, 2.45) is 0 Å². The van der Waals surface area contributed by atoms with Gasteiger partial charge in [0.05, 0.1) is 18.3 Å². The van der Waals surface area contributed by atoms with E-state index in [1.54, 1.807) is 0 Å². The summed E-state index contributed by atoms with van der Waals surface area (Å²) in [7, 11) is 0. The van der Waals surface area contributed by atoms with Crippen molar-refractivity contribution in [2.45, 2.75) is 42.4 Å². The third-order valence-electron chi connectivity index (χ3n) is 2.46. The van der Waals surface area contributed by atoms with Crippen molar-refractivity contribution >= 4 is 15.9 Å². The lowest BCUT2D eigenvalue weighted by Crippen LogP contribution is -2.22. The van der Waals surface area contributed by atoms with Crippen molar-refractivity contribution in [1.29, 1.82) is 0 Å². The van der Waals surface area contributed by atoms with Gasteiger partial charge in [0.1, 0.15) is 0 Å². The third-order valence-corrected chi connectivity index (χ3v) is 3.42. The van der Waals surface area contributed by atoms with E-state index in [0.717, 1.165) is 6.42 Å². The summed E-state index contributed by atoms with van der Waals surface area (Å²) in [5.74, 6) is 0. The maximum absolute atomic E-state index is 9.62. The van der Waals surface area contributed by atoms with Gasteiger partial charge in [-0.1, -0.05) is 22.0 Å². The van der Waals surface area contributed by atoms with Crippen molar-refractivity contribution < 1.29 is 14.9 Å². The Balaban J connectivity index is 2.40. The summed E-state index contributed by atoms with van der Waals surface area (Å²) in [5, 5.41) is 18.4. The third kappa shape index (κ3) is 3.05. The van der Waals surface area contributed by atoms with Crippen LogP contribution in [-0.4, -0.2) is 40.0 Å². The van der Waals surface area contributed by atoms with Crippen LogP contribution in [0.25, 0.3) is 0 Å². The van der Waals surface area contributed by atoms with E-state index in [-0.39, 0.29) is 23.6 Å². The van der Waals surface area contributed by atoms with Gasteiger partial charge in [-0.05, 0) is 12.8 Å².